The number of nitrogens with one attached hydrogen (secondary N) is 1. The molecule has 1 saturated carbocycles. The molecule has 1 aliphatic heterocycles. The fourth-order valence-electron chi connectivity index (χ4n) is 2.56. The first kappa shape index (κ1) is 15.3. The molecule has 112 valence electrons. The number of nitrogens with zero attached hydrogens (tertiary/aromatic N) is 1. The molecule has 1 atom stereocenters. The highest BCUT2D eigenvalue weighted by molar-refractivity contribution is 7.89. The molecule has 4 nitrogen and oxygen atoms in total. The Balaban J connectivity index is 1.69. The summed E-state index contributed by atoms with van der Waals surface area (Å²) in [5, 5.41) is 0. The summed E-state index contributed by atoms with van der Waals surface area (Å²) in [4.78, 5) is 2.52. The minimum Gasteiger partial charge on any atom is -0.300 e. The summed E-state index contributed by atoms with van der Waals surface area (Å²) in [7, 11) is -3.09. The Morgan fingerprint density at radius 3 is 2.47 bits per heavy atom. The number of sulfonamides is 1. The second-order valence-electron chi connectivity index (χ2n) is 7.36. The predicted molar refractivity (Wildman–Crippen MR) is 78.6 cm³/mol. The van der Waals surface area contributed by atoms with Gasteiger partial charge in [0.2, 0.25) is 10.0 Å². The maximum absolute atomic E-state index is 11.9. The van der Waals surface area contributed by atoms with E-state index in [1.807, 2.05) is 0 Å². The zero-order valence-electron chi connectivity index (χ0n) is 12.5. The van der Waals surface area contributed by atoms with Crippen LogP contribution in [-0.2, 0) is 10.0 Å². The highest BCUT2D eigenvalue weighted by Crippen LogP contribution is 2.31. The minimum absolute atomic E-state index is 0.0743. The molecule has 19 heavy (non-hydrogen) atoms. The van der Waals surface area contributed by atoms with Crippen molar-refractivity contribution in [2.24, 2.45) is 11.3 Å². The second-order valence-corrected chi connectivity index (χ2v) is 9.29. The van der Waals surface area contributed by atoms with Gasteiger partial charge in [-0.1, -0.05) is 20.8 Å². The van der Waals surface area contributed by atoms with Gasteiger partial charge in [-0.25, -0.2) is 13.1 Å². The average Bonchev–Trinajstić information content (AvgIpc) is 3.03. The molecule has 2 aliphatic rings. The van der Waals surface area contributed by atoms with Crippen LogP contribution in [0.2, 0.25) is 0 Å². The van der Waals surface area contributed by atoms with Crippen LogP contribution in [0.25, 0.3) is 0 Å². The molecule has 0 aromatic heterocycles. The Morgan fingerprint density at radius 1 is 1.21 bits per heavy atom. The van der Waals surface area contributed by atoms with Crippen molar-refractivity contribution in [2.45, 2.75) is 52.5 Å². The van der Waals surface area contributed by atoms with Gasteiger partial charge >= 0.3 is 0 Å². The molecule has 1 N–H and O–H groups in total. The first-order valence-corrected chi connectivity index (χ1v) is 9.12. The zero-order chi connectivity index (χ0) is 14.1. The van der Waals surface area contributed by atoms with Gasteiger partial charge in [-0.2, -0.15) is 0 Å². The van der Waals surface area contributed by atoms with Crippen molar-refractivity contribution in [3.05, 3.63) is 0 Å². The van der Waals surface area contributed by atoms with Crippen LogP contribution in [-0.4, -0.2) is 44.7 Å². The van der Waals surface area contributed by atoms with E-state index in [1.165, 1.54) is 12.8 Å². The molecule has 1 heterocycles. The molecule has 0 amide bonds. The van der Waals surface area contributed by atoms with E-state index in [4.69, 9.17) is 0 Å². The highest BCUT2D eigenvalue weighted by atomic mass is 32.2. The third-order valence-corrected chi connectivity index (χ3v) is 5.44. The lowest BCUT2D eigenvalue weighted by atomic mass is 9.94. The smallest absolute Gasteiger partial charge is 0.211 e. The number of likely N-dealkylation sites (tertiary alicyclic amines) is 1. The SMILES string of the molecule is CC(C)(C)CCS(=O)(=O)NC[C@H]1CCN(C2CC2)C1. The van der Waals surface area contributed by atoms with E-state index < -0.39 is 10.0 Å². The Bertz CT molecular complexity index is 396. The number of rotatable bonds is 6. The van der Waals surface area contributed by atoms with E-state index in [0.29, 0.717) is 18.9 Å². The van der Waals surface area contributed by atoms with Gasteiger partial charge in [0.1, 0.15) is 0 Å². The van der Waals surface area contributed by atoms with E-state index in [0.717, 1.165) is 25.6 Å². The van der Waals surface area contributed by atoms with Crippen molar-refractivity contribution < 1.29 is 8.42 Å². The van der Waals surface area contributed by atoms with E-state index in [-0.39, 0.29) is 11.2 Å². The summed E-state index contributed by atoms with van der Waals surface area (Å²) in [5.74, 6) is 0.750. The van der Waals surface area contributed by atoms with Crippen molar-refractivity contribution in [3.63, 3.8) is 0 Å². The molecule has 0 spiro atoms. The summed E-state index contributed by atoms with van der Waals surface area (Å²) in [6.45, 7) is 9.08. The number of hydrogen-bond donors (Lipinski definition) is 1. The maximum atomic E-state index is 11.9. The monoisotopic (exact) mass is 288 g/mol. The molecular weight excluding hydrogens is 260 g/mol. The van der Waals surface area contributed by atoms with Gasteiger partial charge in [-0.3, -0.25) is 0 Å². The molecule has 1 saturated heterocycles. The van der Waals surface area contributed by atoms with Gasteiger partial charge in [0.15, 0.2) is 0 Å². The summed E-state index contributed by atoms with van der Waals surface area (Å²) in [6, 6.07) is 0.808. The Labute approximate surface area is 118 Å². The summed E-state index contributed by atoms with van der Waals surface area (Å²) >= 11 is 0. The third kappa shape index (κ3) is 5.40. The Kier molecular flexibility index (Phi) is 4.58. The van der Waals surface area contributed by atoms with Gasteiger partial charge < -0.3 is 4.90 Å². The van der Waals surface area contributed by atoms with Crippen LogP contribution >= 0.6 is 0 Å². The minimum atomic E-state index is -3.09. The van der Waals surface area contributed by atoms with Crippen molar-refractivity contribution in [1.29, 1.82) is 0 Å². The lowest BCUT2D eigenvalue weighted by Gasteiger charge is -2.19. The van der Waals surface area contributed by atoms with Crippen molar-refractivity contribution in [3.8, 4) is 0 Å². The first-order valence-electron chi connectivity index (χ1n) is 7.47. The van der Waals surface area contributed by atoms with E-state index in [1.54, 1.807) is 0 Å². The molecule has 2 fully saturated rings. The molecule has 2 rings (SSSR count). The quantitative estimate of drug-likeness (QED) is 0.811. The lowest BCUT2D eigenvalue weighted by Crippen LogP contribution is -2.33. The summed E-state index contributed by atoms with van der Waals surface area (Å²) in [6.07, 6.45) is 4.52. The zero-order valence-corrected chi connectivity index (χ0v) is 13.3. The molecule has 0 aromatic carbocycles. The number of hydrogen-bond acceptors (Lipinski definition) is 3. The molecular formula is C14H28N2O2S. The molecule has 0 radical (unpaired) electrons. The van der Waals surface area contributed by atoms with Crippen LogP contribution < -0.4 is 4.72 Å². The fraction of sp³-hybridized carbons (Fsp3) is 1.00. The molecule has 0 aromatic rings. The van der Waals surface area contributed by atoms with Crippen LogP contribution in [0, 0.1) is 11.3 Å². The Hall–Kier alpha value is -0.130. The normalized spacial score (nSPS) is 25.9. The van der Waals surface area contributed by atoms with Crippen LogP contribution in [0.4, 0.5) is 0 Å². The first-order chi connectivity index (χ1) is 8.75. The highest BCUT2D eigenvalue weighted by Gasteiger charge is 2.34. The summed E-state index contributed by atoms with van der Waals surface area (Å²) in [5.41, 5.74) is 0.0743. The molecule has 5 heteroatoms. The maximum Gasteiger partial charge on any atom is 0.211 e. The Morgan fingerprint density at radius 2 is 1.89 bits per heavy atom. The summed E-state index contributed by atoms with van der Waals surface area (Å²) < 4.78 is 26.7. The van der Waals surface area contributed by atoms with E-state index >= 15 is 0 Å². The van der Waals surface area contributed by atoms with Crippen molar-refractivity contribution in [2.75, 3.05) is 25.4 Å². The third-order valence-electron chi connectivity index (χ3n) is 4.09. The van der Waals surface area contributed by atoms with Crippen molar-refractivity contribution in [1.82, 2.24) is 9.62 Å². The van der Waals surface area contributed by atoms with E-state index in [9.17, 15) is 8.42 Å². The van der Waals surface area contributed by atoms with E-state index in [2.05, 4.69) is 30.4 Å². The largest absolute Gasteiger partial charge is 0.300 e. The second kappa shape index (κ2) is 5.70. The van der Waals surface area contributed by atoms with Crippen LogP contribution in [0.15, 0.2) is 0 Å². The van der Waals surface area contributed by atoms with Crippen LogP contribution in [0.5, 0.6) is 0 Å². The van der Waals surface area contributed by atoms with Crippen molar-refractivity contribution >= 4 is 10.0 Å². The van der Waals surface area contributed by atoms with Gasteiger partial charge in [0.05, 0.1) is 5.75 Å². The van der Waals surface area contributed by atoms with Gasteiger partial charge in [0, 0.05) is 19.1 Å². The van der Waals surface area contributed by atoms with Gasteiger partial charge in [0.25, 0.3) is 0 Å². The lowest BCUT2D eigenvalue weighted by molar-refractivity contribution is 0.314. The predicted octanol–water partition coefficient (Wildman–Crippen LogP) is 1.83. The topological polar surface area (TPSA) is 49.4 Å². The molecule has 1 aliphatic carbocycles. The van der Waals surface area contributed by atoms with Gasteiger partial charge in [-0.05, 0) is 43.6 Å². The molecule has 0 bridgehead atoms. The standard InChI is InChI=1S/C14H28N2O2S/c1-14(2,3)7-9-19(17,18)15-10-12-6-8-16(11-12)13-4-5-13/h12-13,15H,4-11H2,1-3H3/t12-/m1/s1. The van der Waals surface area contributed by atoms with Crippen LogP contribution in [0.3, 0.4) is 0 Å². The van der Waals surface area contributed by atoms with Crippen LogP contribution in [0.1, 0.15) is 46.5 Å². The molecule has 0 unspecified atom stereocenters. The fourth-order valence-corrected chi connectivity index (χ4v) is 4.07. The van der Waals surface area contributed by atoms with Gasteiger partial charge in [-0.15, -0.1) is 0 Å². The average molecular weight is 288 g/mol.